The van der Waals surface area contributed by atoms with Crippen LogP contribution in [0.4, 0.5) is 0 Å². The minimum absolute atomic E-state index is 0.0235. The molecule has 2 unspecified atom stereocenters. The zero-order valence-electron chi connectivity index (χ0n) is 14.7. The molecule has 2 amide bonds. The lowest BCUT2D eigenvalue weighted by Crippen LogP contribution is -2.40. The monoisotopic (exact) mass is 336 g/mol. The number of carbonyl (C=O) groups is 3. The molecule has 134 valence electrons. The number of carboxylic acid groups (broad SMARTS) is 1. The molecule has 0 aromatic carbocycles. The summed E-state index contributed by atoms with van der Waals surface area (Å²) in [5.74, 6) is -0.958. The van der Waals surface area contributed by atoms with Crippen molar-refractivity contribution < 1.29 is 19.5 Å². The maximum Gasteiger partial charge on any atom is 0.311 e. The molecule has 6 heteroatoms. The lowest BCUT2D eigenvalue weighted by atomic mass is 9.81. The molecule has 3 fully saturated rings. The summed E-state index contributed by atoms with van der Waals surface area (Å²) in [7, 11) is 0. The van der Waals surface area contributed by atoms with Crippen LogP contribution in [0.15, 0.2) is 0 Å². The second-order valence-corrected chi connectivity index (χ2v) is 7.85. The van der Waals surface area contributed by atoms with E-state index in [0.29, 0.717) is 26.1 Å². The van der Waals surface area contributed by atoms with Crippen molar-refractivity contribution in [3.05, 3.63) is 0 Å². The number of rotatable bonds is 5. The second-order valence-electron chi connectivity index (χ2n) is 7.85. The molecular formula is C18H28N2O4. The van der Waals surface area contributed by atoms with Crippen molar-refractivity contribution in [2.75, 3.05) is 19.6 Å². The van der Waals surface area contributed by atoms with Gasteiger partial charge in [0.2, 0.25) is 11.8 Å². The zero-order valence-corrected chi connectivity index (χ0v) is 14.7. The molecule has 1 saturated carbocycles. The standard InChI is InChI=1S/C18H28N2O4/c1-3-5-12(2)20-9-13(8-15(20)21)16(22)19-10-14-6-4-7-18(14,11-19)17(23)24/h12-14H,3-11H2,1-2H3,(H,23,24)/t12?,13?,14-,18+/m0/s1. The predicted molar refractivity (Wildman–Crippen MR) is 88.2 cm³/mol. The van der Waals surface area contributed by atoms with E-state index in [1.807, 2.05) is 11.8 Å². The van der Waals surface area contributed by atoms with Gasteiger partial charge in [-0.15, -0.1) is 0 Å². The number of hydrogen-bond acceptors (Lipinski definition) is 3. The number of carbonyl (C=O) groups excluding carboxylic acids is 2. The Balaban J connectivity index is 1.66. The first kappa shape index (κ1) is 17.2. The molecular weight excluding hydrogens is 308 g/mol. The van der Waals surface area contributed by atoms with E-state index in [4.69, 9.17) is 0 Å². The van der Waals surface area contributed by atoms with E-state index < -0.39 is 11.4 Å². The number of hydrogen-bond donors (Lipinski definition) is 1. The Morgan fingerprint density at radius 3 is 2.75 bits per heavy atom. The van der Waals surface area contributed by atoms with Gasteiger partial charge in [0.05, 0.1) is 11.3 Å². The topological polar surface area (TPSA) is 77.9 Å². The van der Waals surface area contributed by atoms with Gasteiger partial charge < -0.3 is 14.9 Å². The Hall–Kier alpha value is -1.59. The van der Waals surface area contributed by atoms with E-state index in [0.717, 1.165) is 25.7 Å². The van der Waals surface area contributed by atoms with E-state index in [1.54, 1.807) is 4.90 Å². The van der Waals surface area contributed by atoms with Gasteiger partial charge in [0.1, 0.15) is 0 Å². The van der Waals surface area contributed by atoms with Crippen LogP contribution in [0.3, 0.4) is 0 Å². The molecule has 3 rings (SSSR count). The van der Waals surface area contributed by atoms with Crippen molar-refractivity contribution in [3.63, 3.8) is 0 Å². The quantitative estimate of drug-likeness (QED) is 0.829. The fraction of sp³-hybridized carbons (Fsp3) is 0.833. The molecule has 0 aromatic heterocycles. The van der Waals surface area contributed by atoms with Crippen molar-refractivity contribution in [1.82, 2.24) is 9.80 Å². The average Bonchev–Trinajstić information content (AvgIpc) is 3.18. The van der Waals surface area contributed by atoms with E-state index in [-0.39, 0.29) is 36.1 Å². The Kier molecular flexibility index (Phi) is 4.58. The van der Waals surface area contributed by atoms with Crippen LogP contribution in [-0.2, 0) is 14.4 Å². The second kappa shape index (κ2) is 6.37. The molecule has 2 aliphatic heterocycles. The van der Waals surface area contributed by atoms with Crippen molar-refractivity contribution in [2.24, 2.45) is 17.3 Å². The first-order valence-corrected chi connectivity index (χ1v) is 9.20. The van der Waals surface area contributed by atoms with E-state index in [1.165, 1.54) is 0 Å². The highest BCUT2D eigenvalue weighted by Gasteiger charge is 2.56. The Bertz CT molecular complexity index is 549. The lowest BCUT2D eigenvalue weighted by Gasteiger charge is -2.26. The molecule has 0 aromatic rings. The molecule has 24 heavy (non-hydrogen) atoms. The molecule has 0 bridgehead atoms. The Labute approximate surface area is 143 Å². The number of fused-ring (bicyclic) bond motifs is 1. The fourth-order valence-corrected chi connectivity index (χ4v) is 4.96. The van der Waals surface area contributed by atoms with Crippen molar-refractivity contribution in [3.8, 4) is 0 Å². The van der Waals surface area contributed by atoms with Gasteiger partial charge in [-0.25, -0.2) is 0 Å². The highest BCUT2D eigenvalue weighted by molar-refractivity contribution is 5.90. The first-order valence-electron chi connectivity index (χ1n) is 9.20. The number of nitrogens with zero attached hydrogens (tertiary/aromatic N) is 2. The molecule has 0 spiro atoms. The van der Waals surface area contributed by atoms with Crippen LogP contribution in [0.5, 0.6) is 0 Å². The third-order valence-corrected chi connectivity index (χ3v) is 6.35. The van der Waals surface area contributed by atoms with Crippen molar-refractivity contribution in [2.45, 2.75) is 58.4 Å². The van der Waals surface area contributed by atoms with Gasteiger partial charge in [-0.2, -0.15) is 0 Å². The van der Waals surface area contributed by atoms with Crippen LogP contribution in [0, 0.1) is 17.3 Å². The molecule has 6 nitrogen and oxygen atoms in total. The molecule has 2 heterocycles. The maximum absolute atomic E-state index is 12.9. The van der Waals surface area contributed by atoms with Crippen molar-refractivity contribution in [1.29, 1.82) is 0 Å². The van der Waals surface area contributed by atoms with Crippen LogP contribution in [0.2, 0.25) is 0 Å². The van der Waals surface area contributed by atoms with Gasteiger partial charge in [0.15, 0.2) is 0 Å². The molecule has 1 aliphatic carbocycles. The number of likely N-dealkylation sites (tertiary alicyclic amines) is 2. The maximum atomic E-state index is 12.9. The number of aliphatic carboxylic acids is 1. The average molecular weight is 336 g/mol. The smallest absolute Gasteiger partial charge is 0.311 e. The number of amides is 2. The largest absolute Gasteiger partial charge is 0.481 e. The Morgan fingerprint density at radius 1 is 1.38 bits per heavy atom. The van der Waals surface area contributed by atoms with Gasteiger partial charge in [-0.05, 0) is 32.1 Å². The molecule has 1 N–H and O–H groups in total. The van der Waals surface area contributed by atoms with Crippen LogP contribution >= 0.6 is 0 Å². The van der Waals surface area contributed by atoms with Crippen LogP contribution < -0.4 is 0 Å². The third-order valence-electron chi connectivity index (χ3n) is 6.35. The summed E-state index contributed by atoms with van der Waals surface area (Å²) in [6.07, 6.45) is 4.72. The summed E-state index contributed by atoms with van der Waals surface area (Å²) in [5, 5.41) is 9.65. The van der Waals surface area contributed by atoms with Gasteiger partial charge >= 0.3 is 5.97 Å². The molecule has 2 saturated heterocycles. The van der Waals surface area contributed by atoms with E-state index >= 15 is 0 Å². The minimum atomic E-state index is -0.763. The predicted octanol–water partition coefficient (Wildman–Crippen LogP) is 1.74. The van der Waals surface area contributed by atoms with Crippen LogP contribution in [-0.4, -0.2) is 58.4 Å². The lowest BCUT2D eigenvalue weighted by molar-refractivity contribution is -0.149. The van der Waals surface area contributed by atoms with E-state index in [2.05, 4.69) is 6.92 Å². The fourth-order valence-electron chi connectivity index (χ4n) is 4.96. The SMILES string of the molecule is CCCC(C)N1CC(C(=O)N2C[C@@H]3CCC[C@@]3(C(=O)O)C2)CC1=O. The summed E-state index contributed by atoms with van der Waals surface area (Å²) < 4.78 is 0. The normalized spacial score (nSPS) is 33.8. The summed E-state index contributed by atoms with van der Waals surface area (Å²) in [4.78, 5) is 40.4. The van der Waals surface area contributed by atoms with Gasteiger partial charge in [0, 0.05) is 32.1 Å². The highest BCUT2D eigenvalue weighted by atomic mass is 16.4. The van der Waals surface area contributed by atoms with Crippen LogP contribution in [0.25, 0.3) is 0 Å². The highest BCUT2D eigenvalue weighted by Crippen LogP contribution is 2.49. The summed E-state index contributed by atoms with van der Waals surface area (Å²) in [6, 6.07) is 0.170. The summed E-state index contributed by atoms with van der Waals surface area (Å²) in [6.45, 7) is 5.48. The Morgan fingerprint density at radius 2 is 2.12 bits per heavy atom. The number of carboxylic acids is 1. The van der Waals surface area contributed by atoms with Gasteiger partial charge in [-0.1, -0.05) is 19.8 Å². The zero-order chi connectivity index (χ0) is 17.5. The van der Waals surface area contributed by atoms with E-state index in [9.17, 15) is 19.5 Å². The van der Waals surface area contributed by atoms with Crippen LogP contribution in [0.1, 0.15) is 52.4 Å². The molecule has 0 radical (unpaired) electrons. The van der Waals surface area contributed by atoms with Gasteiger partial charge in [-0.3, -0.25) is 14.4 Å². The first-order chi connectivity index (χ1) is 11.4. The van der Waals surface area contributed by atoms with Crippen molar-refractivity contribution >= 4 is 17.8 Å². The summed E-state index contributed by atoms with van der Waals surface area (Å²) >= 11 is 0. The molecule has 4 atom stereocenters. The van der Waals surface area contributed by atoms with Gasteiger partial charge in [0.25, 0.3) is 0 Å². The minimum Gasteiger partial charge on any atom is -0.481 e. The summed E-state index contributed by atoms with van der Waals surface area (Å²) in [5.41, 5.74) is -0.743. The third kappa shape index (κ3) is 2.70. The molecule has 3 aliphatic rings.